The highest BCUT2D eigenvalue weighted by atomic mass is 16.1. The fourth-order valence-corrected chi connectivity index (χ4v) is 1.23. The van der Waals surface area contributed by atoms with Crippen molar-refractivity contribution in [2.75, 3.05) is 33.7 Å². The Balaban J connectivity index is 3.27. The van der Waals surface area contributed by atoms with Crippen LogP contribution in [0.3, 0.4) is 0 Å². The molecular formula is C10H23N3O. The van der Waals surface area contributed by atoms with Crippen LogP contribution in [0, 0.1) is 0 Å². The average molecular weight is 201 g/mol. The second-order valence-electron chi connectivity index (χ2n) is 3.58. The Morgan fingerprint density at radius 2 is 2.00 bits per heavy atom. The Hall–Kier alpha value is -0.610. The molecule has 3 N–H and O–H groups in total. The van der Waals surface area contributed by atoms with Crippen LogP contribution in [0.5, 0.6) is 0 Å². The minimum atomic E-state index is 0.110. The van der Waals surface area contributed by atoms with E-state index in [1.165, 1.54) is 12.8 Å². The van der Waals surface area contributed by atoms with Crippen LogP contribution in [0.1, 0.15) is 25.7 Å². The van der Waals surface area contributed by atoms with Crippen molar-refractivity contribution in [1.82, 2.24) is 10.2 Å². The number of rotatable bonds is 8. The van der Waals surface area contributed by atoms with Crippen LogP contribution in [0.2, 0.25) is 0 Å². The minimum Gasteiger partial charge on any atom is -0.359 e. The number of carbonyl (C=O) groups is 1. The van der Waals surface area contributed by atoms with Gasteiger partial charge >= 0.3 is 0 Å². The molecule has 0 atom stereocenters. The van der Waals surface area contributed by atoms with Gasteiger partial charge in [0.15, 0.2) is 0 Å². The van der Waals surface area contributed by atoms with Gasteiger partial charge in [0, 0.05) is 20.0 Å². The number of amides is 1. The SMILES string of the molecule is CNC(=O)CCN(C)CCCCCN. The Kier molecular flexibility index (Phi) is 8.57. The zero-order chi connectivity index (χ0) is 10.8. The molecule has 0 spiro atoms. The van der Waals surface area contributed by atoms with Crippen LogP contribution in [0.4, 0.5) is 0 Å². The van der Waals surface area contributed by atoms with E-state index in [1.807, 2.05) is 7.05 Å². The molecule has 0 bridgehead atoms. The molecule has 4 nitrogen and oxygen atoms in total. The highest BCUT2D eigenvalue weighted by molar-refractivity contribution is 5.75. The lowest BCUT2D eigenvalue weighted by Crippen LogP contribution is -2.27. The molecule has 0 fully saturated rings. The first-order valence-electron chi connectivity index (χ1n) is 5.30. The summed E-state index contributed by atoms with van der Waals surface area (Å²) in [6.45, 7) is 2.67. The number of hydrogen-bond donors (Lipinski definition) is 2. The molecule has 0 unspecified atom stereocenters. The maximum atomic E-state index is 10.9. The van der Waals surface area contributed by atoms with Gasteiger partial charge in [-0.05, 0) is 33.0 Å². The summed E-state index contributed by atoms with van der Waals surface area (Å²) in [5.74, 6) is 0.110. The highest BCUT2D eigenvalue weighted by Crippen LogP contribution is 1.96. The standard InChI is InChI=1S/C10H23N3O/c1-12-10(14)6-9-13(2)8-5-3-4-7-11/h3-9,11H2,1-2H3,(H,12,14). The summed E-state index contributed by atoms with van der Waals surface area (Å²) in [4.78, 5) is 13.1. The van der Waals surface area contributed by atoms with Crippen molar-refractivity contribution in [3.63, 3.8) is 0 Å². The lowest BCUT2D eigenvalue weighted by molar-refractivity contribution is -0.120. The summed E-state index contributed by atoms with van der Waals surface area (Å²) in [5.41, 5.74) is 5.40. The molecule has 0 heterocycles. The highest BCUT2D eigenvalue weighted by Gasteiger charge is 2.01. The molecular weight excluding hydrogens is 178 g/mol. The van der Waals surface area contributed by atoms with Crippen molar-refractivity contribution >= 4 is 5.91 Å². The molecule has 0 aliphatic rings. The number of unbranched alkanes of at least 4 members (excludes halogenated alkanes) is 2. The van der Waals surface area contributed by atoms with Crippen molar-refractivity contribution in [3.05, 3.63) is 0 Å². The molecule has 0 aliphatic carbocycles. The predicted molar refractivity (Wildman–Crippen MR) is 59.1 cm³/mol. The van der Waals surface area contributed by atoms with E-state index >= 15 is 0 Å². The number of nitrogens with zero attached hydrogens (tertiary/aromatic N) is 1. The van der Waals surface area contributed by atoms with Gasteiger partial charge in [-0.15, -0.1) is 0 Å². The number of hydrogen-bond acceptors (Lipinski definition) is 3. The van der Waals surface area contributed by atoms with E-state index in [-0.39, 0.29) is 5.91 Å². The molecule has 0 aromatic rings. The normalized spacial score (nSPS) is 10.6. The van der Waals surface area contributed by atoms with Crippen molar-refractivity contribution in [2.24, 2.45) is 5.73 Å². The second-order valence-corrected chi connectivity index (χ2v) is 3.58. The van der Waals surface area contributed by atoms with E-state index in [2.05, 4.69) is 10.2 Å². The van der Waals surface area contributed by atoms with E-state index in [1.54, 1.807) is 7.05 Å². The third-order valence-corrected chi connectivity index (χ3v) is 2.24. The third kappa shape index (κ3) is 8.01. The van der Waals surface area contributed by atoms with E-state index in [0.717, 1.165) is 26.1 Å². The fourth-order valence-electron chi connectivity index (χ4n) is 1.23. The van der Waals surface area contributed by atoms with Gasteiger partial charge in [-0.1, -0.05) is 6.42 Å². The molecule has 84 valence electrons. The first kappa shape index (κ1) is 13.4. The Morgan fingerprint density at radius 3 is 2.57 bits per heavy atom. The maximum Gasteiger partial charge on any atom is 0.221 e. The first-order chi connectivity index (χ1) is 6.70. The molecule has 0 aromatic heterocycles. The van der Waals surface area contributed by atoms with Crippen molar-refractivity contribution in [1.29, 1.82) is 0 Å². The van der Waals surface area contributed by atoms with Crippen molar-refractivity contribution in [2.45, 2.75) is 25.7 Å². The average Bonchev–Trinajstić information content (AvgIpc) is 2.21. The Bertz CT molecular complexity index is 150. The fraction of sp³-hybridized carbons (Fsp3) is 0.900. The van der Waals surface area contributed by atoms with Crippen LogP contribution in [0.25, 0.3) is 0 Å². The summed E-state index contributed by atoms with van der Waals surface area (Å²) in [5, 5.41) is 2.61. The van der Waals surface area contributed by atoms with Gasteiger partial charge in [0.05, 0.1) is 0 Å². The molecule has 0 saturated carbocycles. The third-order valence-electron chi connectivity index (χ3n) is 2.24. The lowest BCUT2D eigenvalue weighted by Gasteiger charge is -2.15. The summed E-state index contributed by atoms with van der Waals surface area (Å²) in [6.07, 6.45) is 4.04. The first-order valence-corrected chi connectivity index (χ1v) is 5.30. The lowest BCUT2D eigenvalue weighted by atomic mass is 10.2. The van der Waals surface area contributed by atoms with Gasteiger partial charge in [0.25, 0.3) is 0 Å². The molecule has 14 heavy (non-hydrogen) atoms. The second kappa shape index (κ2) is 8.97. The molecule has 1 amide bonds. The molecule has 4 heteroatoms. The van der Waals surface area contributed by atoms with Crippen molar-refractivity contribution < 1.29 is 4.79 Å². The van der Waals surface area contributed by atoms with E-state index in [0.29, 0.717) is 6.42 Å². The molecule has 0 aliphatic heterocycles. The van der Waals surface area contributed by atoms with Crippen molar-refractivity contribution in [3.8, 4) is 0 Å². The van der Waals surface area contributed by atoms with Gasteiger partial charge in [0.1, 0.15) is 0 Å². The number of nitrogens with two attached hydrogens (primary N) is 1. The molecule has 0 aromatic carbocycles. The smallest absolute Gasteiger partial charge is 0.221 e. The van der Waals surface area contributed by atoms with Crippen LogP contribution < -0.4 is 11.1 Å². The zero-order valence-corrected chi connectivity index (χ0v) is 9.38. The molecule has 0 radical (unpaired) electrons. The summed E-state index contributed by atoms with van der Waals surface area (Å²) < 4.78 is 0. The monoisotopic (exact) mass is 201 g/mol. The minimum absolute atomic E-state index is 0.110. The summed E-state index contributed by atoms with van der Waals surface area (Å²) in [6, 6.07) is 0. The van der Waals surface area contributed by atoms with Crippen LogP contribution in [-0.4, -0.2) is 44.5 Å². The molecule has 0 rings (SSSR count). The van der Waals surface area contributed by atoms with Gasteiger partial charge in [0.2, 0.25) is 5.91 Å². The summed E-state index contributed by atoms with van der Waals surface area (Å²) >= 11 is 0. The van der Waals surface area contributed by atoms with E-state index in [4.69, 9.17) is 5.73 Å². The Morgan fingerprint density at radius 1 is 1.29 bits per heavy atom. The van der Waals surface area contributed by atoms with E-state index < -0.39 is 0 Å². The van der Waals surface area contributed by atoms with Gasteiger partial charge in [-0.25, -0.2) is 0 Å². The quantitative estimate of drug-likeness (QED) is 0.551. The van der Waals surface area contributed by atoms with Gasteiger partial charge in [-0.2, -0.15) is 0 Å². The van der Waals surface area contributed by atoms with Crippen LogP contribution in [-0.2, 0) is 4.79 Å². The topological polar surface area (TPSA) is 58.4 Å². The maximum absolute atomic E-state index is 10.9. The van der Waals surface area contributed by atoms with Gasteiger partial charge in [-0.3, -0.25) is 4.79 Å². The van der Waals surface area contributed by atoms with Crippen LogP contribution >= 0.6 is 0 Å². The number of carbonyl (C=O) groups excluding carboxylic acids is 1. The largest absolute Gasteiger partial charge is 0.359 e. The molecule has 0 saturated heterocycles. The predicted octanol–water partition coefficient (Wildman–Crippen LogP) is 0.183. The summed E-state index contributed by atoms with van der Waals surface area (Å²) in [7, 11) is 3.72. The zero-order valence-electron chi connectivity index (χ0n) is 9.38. The number of nitrogens with one attached hydrogen (secondary N) is 1. The Labute approximate surface area is 86.8 Å². The van der Waals surface area contributed by atoms with Crippen LogP contribution in [0.15, 0.2) is 0 Å². The van der Waals surface area contributed by atoms with Gasteiger partial charge < -0.3 is 16.0 Å². The van der Waals surface area contributed by atoms with E-state index in [9.17, 15) is 4.79 Å².